The summed E-state index contributed by atoms with van der Waals surface area (Å²) >= 11 is 0. The van der Waals surface area contributed by atoms with Crippen LogP contribution in [0.2, 0.25) is 0 Å². The van der Waals surface area contributed by atoms with E-state index >= 15 is 0 Å². The fraction of sp³-hybridized carbons (Fsp3) is 0.297. The summed E-state index contributed by atoms with van der Waals surface area (Å²) in [6.45, 7) is 3.96. The number of nitrogens with zero attached hydrogens (tertiary/aromatic N) is 3. The second-order valence-electron chi connectivity index (χ2n) is 12.7. The lowest BCUT2D eigenvalue weighted by Gasteiger charge is -2.25. The number of nitrogens with one attached hydrogen (secondary N) is 3. The Morgan fingerprint density at radius 3 is 2.14 bits per heavy atom. The summed E-state index contributed by atoms with van der Waals surface area (Å²) in [6.07, 6.45) is 2.07. The minimum absolute atomic E-state index is 0.251. The summed E-state index contributed by atoms with van der Waals surface area (Å²) < 4.78 is 39.4. The normalized spacial score (nSPS) is 12.4. The Labute approximate surface area is 292 Å². The molecular weight excluding hydrogens is 663 g/mol. The molecule has 1 amide bonds. The number of carbonyl (C=O) groups excluding carboxylic acids is 1. The maximum absolute atomic E-state index is 13.3. The average molecular weight is 704 g/mol. The van der Waals surface area contributed by atoms with Crippen LogP contribution in [0.1, 0.15) is 54.6 Å². The van der Waals surface area contributed by atoms with Crippen molar-refractivity contribution in [2.24, 2.45) is 5.73 Å². The van der Waals surface area contributed by atoms with E-state index in [0.717, 1.165) is 58.4 Å². The first-order valence-corrected chi connectivity index (χ1v) is 16.3. The van der Waals surface area contributed by atoms with Crippen molar-refractivity contribution >= 4 is 33.7 Å². The van der Waals surface area contributed by atoms with E-state index in [4.69, 9.17) is 30.6 Å². The van der Waals surface area contributed by atoms with Gasteiger partial charge in [-0.1, -0.05) is 48.5 Å². The van der Waals surface area contributed by atoms with Gasteiger partial charge in [-0.2, -0.15) is 13.2 Å². The lowest BCUT2D eigenvalue weighted by Crippen LogP contribution is -2.50. The van der Waals surface area contributed by atoms with Crippen LogP contribution in [0.3, 0.4) is 0 Å². The zero-order valence-electron chi connectivity index (χ0n) is 28.4. The quantitative estimate of drug-likeness (QED) is 0.101. The third kappa shape index (κ3) is 9.14. The number of carbonyl (C=O) groups is 2. The molecule has 1 atom stereocenters. The number of aromatic nitrogens is 5. The summed E-state index contributed by atoms with van der Waals surface area (Å²) in [5, 5.41) is 22.1. The number of para-hydroxylation sites is 2. The lowest BCUT2D eigenvalue weighted by atomic mass is 10.0. The Kier molecular flexibility index (Phi) is 11.1. The van der Waals surface area contributed by atoms with Crippen molar-refractivity contribution in [3.8, 4) is 5.75 Å². The fourth-order valence-corrected chi connectivity index (χ4v) is 5.76. The van der Waals surface area contributed by atoms with Crippen LogP contribution in [-0.4, -0.2) is 60.5 Å². The number of benzene rings is 3. The Balaban J connectivity index is 0.000000654. The molecule has 3 heterocycles. The van der Waals surface area contributed by atoms with E-state index in [-0.39, 0.29) is 5.91 Å². The van der Waals surface area contributed by atoms with Crippen LogP contribution in [0.25, 0.3) is 21.8 Å². The summed E-state index contributed by atoms with van der Waals surface area (Å²) in [4.78, 5) is 28.9. The number of H-pyrrole nitrogens is 2. The molecule has 0 aliphatic carbocycles. The number of hydrogen-bond acceptors (Lipinski definition) is 6. The number of carboxylic acids is 1. The molecule has 0 spiro atoms. The van der Waals surface area contributed by atoms with Crippen LogP contribution >= 0.6 is 0 Å². The van der Waals surface area contributed by atoms with Gasteiger partial charge in [-0.3, -0.25) is 4.79 Å². The number of carboxylic acid groups (broad SMARTS) is 1. The number of methoxy groups -OCH3 is 1. The highest BCUT2D eigenvalue weighted by atomic mass is 19.4. The maximum atomic E-state index is 13.3. The molecule has 0 saturated carbocycles. The topological polar surface area (TPSA) is 164 Å². The van der Waals surface area contributed by atoms with Crippen molar-refractivity contribution in [3.05, 3.63) is 114 Å². The predicted molar refractivity (Wildman–Crippen MR) is 187 cm³/mol. The highest BCUT2D eigenvalue weighted by Gasteiger charge is 2.38. The van der Waals surface area contributed by atoms with Crippen LogP contribution < -0.4 is 15.8 Å². The molecule has 6 N–H and O–H groups in total. The zero-order valence-corrected chi connectivity index (χ0v) is 28.4. The van der Waals surface area contributed by atoms with Crippen LogP contribution in [0.4, 0.5) is 13.2 Å². The number of aliphatic carboxylic acids is 1. The van der Waals surface area contributed by atoms with E-state index in [1.54, 1.807) is 21.0 Å². The summed E-state index contributed by atoms with van der Waals surface area (Å²) in [5.41, 5.74) is 10.8. The molecule has 3 aromatic heterocycles. The van der Waals surface area contributed by atoms with Gasteiger partial charge < -0.3 is 35.4 Å². The van der Waals surface area contributed by atoms with Crippen molar-refractivity contribution in [1.29, 1.82) is 0 Å². The van der Waals surface area contributed by atoms with Gasteiger partial charge in [0.15, 0.2) is 5.82 Å². The van der Waals surface area contributed by atoms with Gasteiger partial charge in [0.1, 0.15) is 11.6 Å². The second kappa shape index (κ2) is 15.5. The highest BCUT2D eigenvalue weighted by Crippen LogP contribution is 2.27. The summed E-state index contributed by atoms with van der Waals surface area (Å²) in [6, 6.07) is 24.1. The zero-order chi connectivity index (χ0) is 36.8. The number of aryl methyl sites for hydroxylation is 2. The first-order chi connectivity index (χ1) is 24.2. The molecule has 0 aliphatic rings. The maximum Gasteiger partial charge on any atom is 0.490 e. The molecule has 0 fully saturated rings. The molecule has 11 nitrogen and oxygen atoms in total. The van der Waals surface area contributed by atoms with Gasteiger partial charge in [-0.25, -0.2) is 4.79 Å². The molecule has 14 heteroatoms. The van der Waals surface area contributed by atoms with Crippen LogP contribution in [-0.2, 0) is 35.4 Å². The first-order valence-electron chi connectivity index (χ1n) is 16.3. The number of ether oxygens (including phenoxy) is 1. The Bertz CT molecular complexity index is 2110. The molecule has 0 radical (unpaired) electrons. The number of alkyl halides is 3. The van der Waals surface area contributed by atoms with Gasteiger partial charge >= 0.3 is 12.1 Å². The van der Waals surface area contributed by atoms with Crippen molar-refractivity contribution in [2.45, 2.75) is 63.8 Å². The van der Waals surface area contributed by atoms with E-state index in [1.165, 1.54) is 10.9 Å². The van der Waals surface area contributed by atoms with Crippen molar-refractivity contribution in [3.63, 3.8) is 0 Å². The highest BCUT2D eigenvalue weighted by molar-refractivity contribution is 5.86. The third-order valence-electron chi connectivity index (χ3n) is 8.40. The molecule has 6 aromatic rings. The molecule has 268 valence electrons. The third-order valence-corrected chi connectivity index (χ3v) is 8.40. The van der Waals surface area contributed by atoms with Gasteiger partial charge in [-0.05, 0) is 67.6 Å². The number of rotatable bonds is 12. The van der Waals surface area contributed by atoms with E-state index in [9.17, 15) is 18.0 Å². The number of nitrogens with two attached hydrogens (primary N) is 1. The SMILES string of the molecule is COc1cccc(Cn2c(CCCc3c[nH]c4ccccc34)nnc2[C@@H](Cc2c[nH]c3ccccc23)NC(=O)C(C)(C)N)c1.O=C(O)C(F)(F)F. The molecule has 0 saturated heterocycles. The molecule has 0 aliphatic heterocycles. The van der Waals surface area contributed by atoms with Gasteiger partial charge in [-0.15, -0.1) is 10.2 Å². The van der Waals surface area contributed by atoms with Crippen LogP contribution in [0.15, 0.2) is 85.2 Å². The number of amides is 1. The Morgan fingerprint density at radius 2 is 1.53 bits per heavy atom. The first kappa shape index (κ1) is 36.6. The fourth-order valence-electron chi connectivity index (χ4n) is 5.76. The van der Waals surface area contributed by atoms with Crippen molar-refractivity contribution in [2.75, 3.05) is 7.11 Å². The van der Waals surface area contributed by atoms with Gasteiger partial charge in [0, 0.05) is 47.0 Å². The van der Waals surface area contributed by atoms with E-state index in [1.807, 2.05) is 48.7 Å². The van der Waals surface area contributed by atoms with E-state index in [0.29, 0.717) is 18.8 Å². The van der Waals surface area contributed by atoms with Crippen molar-refractivity contribution < 1.29 is 32.6 Å². The number of halogens is 3. The van der Waals surface area contributed by atoms with Gasteiger partial charge in [0.05, 0.1) is 25.2 Å². The number of aromatic amines is 2. The van der Waals surface area contributed by atoms with Gasteiger partial charge in [0.2, 0.25) is 5.91 Å². The molecule has 51 heavy (non-hydrogen) atoms. The van der Waals surface area contributed by atoms with Crippen LogP contribution in [0.5, 0.6) is 5.75 Å². The molecule has 0 unspecified atom stereocenters. The molecular formula is C37H40F3N7O4. The Hall–Kier alpha value is -5.63. The molecule has 0 bridgehead atoms. The molecule has 3 aromatic carbocycles. The van der Waals surface area contributed by atoms with E-state index in [2.05, 4.69) is 56.4 Å². The molecule has 6 rings (SSSR count). The second-order valence-corrected chi connectivity index (χ2v) is 12.7. The standard InChI is InChI=1S/C35H39N7O2.C2HF3O2/c1-35(2,36)34(43)39-31(19-25-21-38-30-16-7-5-14-28(25)30)33-41-40-32(42(33)22-23-10-8-12-26(18-23)44-3)17-9-11-24-20-37-29-15-6-4-13-27(24)29;3-2(4,5)1(6)7/h4-8,10,12-16,18,20-21,31,37-38H,9,11,17,19,22,36H2,1-3H3,(H,39,43);(H,6,7)/t31-;/m1./s1. The average Bonchev–Trinajstić information content (AvgIpc) is 3.81. The summed E-state index contributed by atoms with van der Waals surface area (Å²) in [5.74, 6) is -0.663. The minimum Gasteiger partial charge on any atom is -0.497 e. The summed E-state index contributed by atoms with van der Waals surface area (Å²) in [7, 11) is 1.67. The smallest absolute Gasteiger partial charge is 0.490 e. The van der Waals surface area contributed by atoms with Gasteiger partial charge in [0.25, 0.3) is 0 Å². The number of hydrogen-bond donors (Lipinski definition) is 5. The number of fused-ring (bicyclic) bond motifs is 2. The minimum atomic E-state index is -5.08. The largest absolute Gasteiger partial charge is 0.497 e. The van der Waals surface area contributed by atoms with Crippen LogP contribution in [0, 0.1) is 0 Å². The van der Waals surface area contributed by atoms with Crippen molar-refractivity contribution in [1.82, 2.24) is 30.0 Å². The monoisotopic (exact) mass is 703 g/mol. The van der Waals surface area contributed by atoms with E-state index < -0.39 is 23.7 Å². The Morgan fingerprint density at radius 1 is 0.922 bits per heavy atom. The predicted octanol–water partition coefficient (Wildman–Crippen LogP) is 6.24. The lowest BCUT2D eigenvalue weighted by molar-refractivity contribution is -0.192.